The maximum atomic E-state index is 9.69. The highest BCUT2D eigenvalue weighted by Crippen LogP contribution is 2.15. The first-order valence-corrected chi connectivity index (χ1v) is 3.68. The molecule has 1 aromatic rings. The molecule has 0 unspecified atom stereocenters. The van der Waals surface area contributed by atoms with E-state index in [1.807, 2.05) is 13.0 Å². The van der Waals surface area contributed by atoms with Crippen molar-refractivity contribution in [3.63, 3.8) is 0 Å². The zero-order valence-electron chi connectivity index (χ0n) is 6.85. The predicted molar refractivity (Wildman–Crippen MR) is 48.2 cm³/mol. The van der Waals surface area contributed by atoms with Gasteiger partial charge < -0.3 is 5.73 Å². The Bertz CT molecular complexity index is 300. The minimum absolute atomic E-state index is 0.738. The highest BCUT2D eigenvalue weighted by molar-refractivity contribution is 6.30. The molecule has 0 saturated heterocycles. The average molecular weight is 208 g/mol. The van der Waals surface area contributed by atoms with Crippen molar-refractivity contribution >= 4 is 23.6 Å². The first-order valence-electron chi connectivity index (χ1n) is 3.30. The molecule has 2 nitrogen and oxygen atoms in total. The van der Waals surface area contributed by atoms with Crippen molar-refractivity contribution in [2.45, 2.75) is 6.92 Å². The fraction of sp³-hybridized carbons (Fsp3) is 0.125. The van der Waals surface area contributed by atoms with E-state index in [1.165, 1.54) is 0 Å². The van der Waals surface area contributed by atoms with Gasteiger partial charge in [-0.15, -0.1) is 8.78 Å². The molecule has 0 spiro atoms. The zero-order chi connectivity index (χ0) is 10.4. The summed E-state index contributed by atoms with van der Waals surface area (Å²) in [5, 5.41) is 0.738. The summed E-state index contributed by atoms with van der Waals surface area (Å²) in [6.45, 7) is 1.93. The van der Waals surface area contributed by atoms with Gasteiger partial charge in [-0.2, -0.15) is 0 Å². The van der Waals surface area contributed by atoms with E-state index < -0.39 is 6.29 Å². The van der Waals surface area contributed by atoms with Crippen LogP contribution in [0.1, 0.15) is 5.56 Å². The number of benzene rings is 1. The topological polar surface area (TPSA) is 43.1 Å². The Hall–Kier alpha value is -1.16. The maximum Gasteiger partial charge on any atom is 0.483 e. The fourth-order valence-electron chi connectivity index (χ4n) is 0.639. The molecule has 0 fully saturated rings. The van der Waals surface area contributed by atoms with Crippen LogP contribution in [0.15, 0.2) is 18.2 Å². The normalized spacial score (nSPS) is 8.62. The zero-order valence-corrected chi connectivity index (χ0v) is 7.61. The van der Waals surface area contributed by atoms with Gasteiger partial charge in [0.2, 0.25) is 0 Å². The van der Waals surface area contributed by atoms with Gasteiger partial charge in [0, 0.05) is 10.7 Å². The number of hydrogen-bond donors (Lipinski definition) is 1. The lowest BCUT2D eigenvalue weighted by Gasteiger charge is -1.97. The molecule has 0 radical (unpaired) electrons. The molecule has 0 aliphatic heterocycles. The summed E-state index contributed by atoms with van der Waals surface area (Å²) in [5.74, 6) is 0. The van der Waals surface area contributed by atoms with Gasteiger partial charge >= 0.3 is 6.29 Å². The second-order valence-electron chi connectivity index (χ2n) is 2.23. The van der Waals surface area contributed by atoms with Gasteiger partial charge in [-0.25, -0.2) is 4.79 Å². The summed E-state index contributed by atoms with van der Waals surface area (Å²) in [7, 11) is 0. The smallest absolute Gasteiger partial charge is 0.399 e. The SMILES string of the molecule is Cc1cc(Cl)ccc1N.O=C(F)F. The maximum absolute atomic E-state index is 9.69. The minimum Gasteiger partial charge on any atom is -0.399 e. The summed E-state index contributed by atoms with van der Waals surface area (Å²) in [6.07, 6.45) is -2.83. The number of hydrogen-bond acceptors (Lipinski definition) is 2. The first kappa shape index (κ1) is 11.8. The van der Waals surface area contributed by atoms with Gasteiger partial charge in [0.15, 0.2) is 0 Å². The monoisotopic (exact) mass is 207 g/mol. The highest BCUT2D eigenvalue weighted by atomic mass is 35.5. The average Bonchev–Trinajstić information content (AvgIpc) is 1.96. The van der Waals surface area contributed by atoms with Gasteiger partial charge in [-0.05, 0) is 30.7 Å². The Morgan fingerprint density at radius 2 is 1.92 bits per heavy atom. The van der Waals surface area contributed by atoms with Crippen LogP contribution >= 0.6 is 11.6 Å². The van der Waals surface area contributed by atoms with Gasteiger partial charge in [-0.1, -0.05) is 11.6 Å². The van der Waals surface area contributed by atoms with Crippen LogP contribution in [0.3, 0.4) is 0 Å². The number of nitrogens with two attached hydrogens (primary N) is 1. The van der Waals surface area contributed by atoms with Crippen LogP contribution in [-0.2, 0) is 0 Å². The number of aryl methyl sites for hydroxylation is 1. The fourth-order valence-corrected chi connectivity index (χ4v) is 0.866. The Labute approximate surface area is 79.3 Å². The summed E-state index contributed by atoms with van der Waals surface area (Å²) in [6, 6.07) is 5.43. The molecule has 0 aromatic heterocycles. The Morgan fingerprint density at radius 3 is 2.23 bits per heavy atom. The van der Waals surface area contributed by atoms with Crippen LogP contribution in [0.25, 0.3) is 0 Å². The lowest BCUT2D eigenvalue weighted by molar-refractivity contribution is 0.199. The molecule has 0 aliphatic carbocycles. The highest BCUT2D eigenvalue weighted by Gasteiger charge is 1.91. The molecule has 5 heteroatoms. The number of nitrogen functional groups attached to an aromatic ring is 1. The van der Waals surface area contributed by atoms with Crippen molar-refractivity contribution in [1.29, 1.82) is 0 Å². The van der Waals surface area contributed by atoms with E-state index in [4.69, 9.17) is 22.1 Å². The molecule has 13 heavy (non-hydrogen) atoms. The summed E-state index contributed by atoms with van der Waals surface area (Å²) in [4.78, 5) is 8.11. The van der Waals surface area contributed by atoms with E-state index in [0.717, 1.165) is 16.3 Å². The molecule has 1 aromatic carbocycles. The third-order valence-electron chi connectivity index (χ3n) is 1.23. The van der Waals surface area contributed by atoms with Crippen molar-refractivity contribution < 1.29 is 13.6 Å². The van der Waals surface area contributed by atoms with Crippen molar-refractivity contribution in [1.82, 2.24) is 0 Å². The van der Waals surface area contributed by atoms with Gasteiger partial charge in [0.05, 0.1) is 0 Å². The molecular weight excluding hydrogens is 200 g/mol. The molecule has 0 atom stereocenters. The molecule has 0 aliphatic rings. The molecular formula is C8H8ClF2NO. The lowest BCUT2D eigenvalue weighted by atomic mass is 10.2. The number of rotatable bonds is 0. The largest absolute Gasteiger partial charge is 0.483 e. The van der Waals surface area contributed by atoms with Crippen LogP contribution in [-0.4, -0.2) is 6.29 Å². The third kappa shape index (κ3) is 6.04. The molecule has 0 bridgehead atoms. The summed E-state index contributed by atoms with van der Waals surface area (Å²) < 4.78 is 19.4. The lowest BCUT2D eigenvalue weighted by Crippen LogP contribution is -1.87. The van der Waals surface area contributed by atoms with Crippen LogP contribution in [0.5, 0.6) is 0 Å². The quantitative estimate of drug-likeness (QED) is 0.524. The van der Waals surface area contributed by atoms with E-state index in [2.05, 4.69) is 0 Å². The second kappa shape index (κ2) is 5.48. The van der Waals surface area contributed by atoms with Crippen molar-refractivity contribution in [2.75, 3.05) is 5.73 Å². The standard InChI is InChI=1S/C7H8ClN.CF2O/c1-5-4-6(8)2-3-7(5)9;2-1(3)4/h2-4H,9H2,1H3;. The molecule has 0 heterocycles. The number of carbonyl (C=O) groups is 1. The third-order valence-corrected chi connectivity index (χ3v) is 1.47. The first-order chi connectivity index (χ1) is 5.93. The van der Waals surface area contributed by atoms with Crippen LogP contribution in [0, 0.1) is 6.92 Å². The number of carbonyl (C=O) groups excluding carboxylic acids is 1. The van der Waals surface area contributed by atoms with Gasteiger partial charge in [0.1, 0.15) is 0 Å². The molecule has 2 N–H and O–H groups in total. The van der Waals surface area contributed by atoms with Crippen LogP contribution < -0.4 is 5.73 Å². The van der Waals surface area contributed by atoms with E-state index >= 15 is 0 Å². The van der Waals surface area contributed by atoms with Crippen LogP contribution in [0.4, 0.5) is 19.3 Å². The number of anilines is 1. The minimum atomic E-state index is -2.83. The summed E-state index contributed by atoms with van der Waals surface area (Å²) >= 11 is 5.66. The van der Waals surface area contributed by atoms with Crippen molar-refractivity contribution in [3.05, 3.63) is 28.8 Å². The number of halogens is 3. The Morgan fingerprint density at radius 1 is 1.46 bits per heavy atom. The molecule has 0 saturated carbocycles. The van der Waals surface area contributed by atoms with Crippen LogP contribution in [0.2, 0.25) is 5.02 Å². The Balaban J connectivity index is 0.000000310. The van der Waals surface area contributed by atoms with Crippen molar-refractivity contribution in [2.24, 2.45) is 0 Å². The van der Waals surface area contributed by atoms with E-state index in [9.17, 15) is 8.78 Å². The summed E-state index contributed by atoms with van der Waals surface area (Å²) in [5.41, 5.74) is 7.35. The molecule has 0 amide bonds. The Kier molecular flexibility index (Phi) is 4.99. The molecule has 1 rings (SSSR count). The van der Waals surface area contributed by atoms with E-state index in [1.54, 1.807) is 12.1 Å². The van der Waals surface area contributed by atoms with E-state index in [-0.39, 0.29) is 0 Å². The van der Waals surface area contributed by atoms with Gasteiger partial charge in [0.25, 0.3) is 0 Å². The van der Waals surface area contributed by atoms with Gasteiger partial charge in [-0.3, -0.25) is 0 Å². The second-order valence-corrected chi connectivity index (χ2v) is 2.66. The van der Waals surface area contributed by atoms with E-state index in [0.29, 0.717) is 0 Å². The molecule has 72 valence electrons. The van der Waals surface area contributed by atoms with Crippen molar-refractivity contribution in [3.8, 4) is 0 Å². The predicted octanol–water partition coefficient (Wildman–Crippen LogP) is 3.28.